The maximum Gasteiger partial charge on any atom is 0.264 e. The minimum Gasteiger partial charge on any atom is -0.486 e. The first-order valence-electron chi connectivity index (χ1n) is 13.3. The number of anilines is 1. The summed E-state index contributed by atoms with van der Waals surface area (Å²) in [6.07, 6.45) is 0. The zero-order valence-electron chi connectivity index (χ0n) is 22.9. The van der Waals surface area contributed by atoms with E-state index >= 15 is 0 Å². The predicted octanol–water partition coefficient (Wildman–Crippen LogP) is 3.84. The molecule has 0 saturated heterocycles. The lowest BCUT2D eigenvalue weighted by molar-refractivity contribution is -0.139. The first-order valence-corrected chi connectivity index (χ1v) is 14.7. The molecule has 0 unspecified atom stereocenters. The first kappa shape index (κ1) is 28.9. The second kappa shape index (κ2) is 12.9. The van der Waals surface area contributed by atoms with Crippen LogP contribution in [0.5, 0.6) is 11.5 Å². The molecular weight excluding hydrogens is 530 g/mol. The van der Waals surface area contributed by atoms with Crippen molar-refractivity contribution in [3.63, 3.8) is 0 Å². The summed E-state index contributed by atoms with van der Waals surface area (Å²) in [4.78, 5) is 28.5. The highest BCUT2D eigenvalue weighted by Gasteiger charge is 2.33. The van der Waals surface area contributed by atoms with E-state index in [9.17, 15) is 18.0 Å². The number of nitrogens with zero attached hydrogens (tertiary/aromatic N) is 2. The van der Waals surface area contributed by atoms with Crippen LogP contribution in [0.2, 0.25) is 0 Å². The molecule has 1 aliphatic heterocycles. The Morgan fingerprint density at radius 3 is 2.15 bits per heavy atom. The molecule has 2 amide bonds. The van der Waals surface area contributed by atoms with Gasteiger partial charge in [-0.2, -0.15) is 0 Å². The molecule has 0 radical (unpaired) electrons. The minimum atomic E-state index is -4.16. The number of fused-ring (bicyclic) bond motifs is 1. The van der Waals surface area contributed by atoms with Crippen LogP contribution in [0.4, 0.5) is 5.69 Å². The molecule has 1 aliphatic rings. The third kappa shape index (κ3) is 6.93. The summed E-state index contributed by atoms with van der Waals surface area (Å²) in [6.45, 7) is 6.41. The highest BCUT2D eigenvalue weighted by atomic mass is 32.2. The van der Waals surface area contributed by atoms with Crippen molar-refractivity contribution >= 4 is 27.5 Å². The Morgan fingerprint density at radius 1 is 0.875 bits per heavy atom. The van der Waals surface area contributed by atoms with Crippen LogP contribution in [0.3, 0.4) is 0 Å². The average molecular weight is 566 g/mol. The molecule has 9 nitrogen and oxygen atoms in total. The smallest absolute Gasteiger partial charge is 0.264 e. The van der Waals surface area contributed by atoms with Crippen molar-refractivity contribution in [2.45, 2.75) is 38.3 Å². The molecule has 1 heterocycles. The van der Waals surface area contributed by atoms with Crippen molar-refractivity contribution in [1.29, 1.82) is 0 Å². The van der Waals surface area contributed by atoms with Crippen LogP contribution in [-0.4, -0.2) is 57.5 Å². The van der Waals surface area contributed by atoms with Gasteiger partial charge in [0.1, 0.15) is 25.8 Å². The van der Waals surface area contributed by atoms with Crippen LogP contribution in [-0.2, 0) is 26.2 Å². The zero-order chi connectivity index (χ0) is 28.7. The number of carbonyl (C=O) groups is 2. The summed E-state index contributed by atoms with van der Waals surface area (Å²) in [5.74, 6) is 0.294. The molecule has 0 aliphatic carbocycles. The number of sulfonamides is 1. The standard InChI is InChI=1S/C30H35N3O6S/c1-22(2)19-31-30(35)23(3)32(20-24-10-6-4-7-11-24)29(34)21-33(40(36,37)26-12-8-5-9-13-26)25-14-15-27-28(18-25)39-17-16-38-27/h4-15,18,22-23H,16-17,19-21H2,1-3H3,(H,31,35)/t23-/m0/s1. The number of ether oxygens (including phenoxy) is 2. The van der Waals surface area contributed by atoms with Crippen molar-refractivity contribution in [1.82, 2.24) is 10.2 Å². The highest BCUT2D eigenvalue weighted by Crippen LogP contribution is 2.36. The molecule has 1 atom stereocenters. The monoisotopic (exact) mass is 565 g/mol. The van der Waals surface area contributed by atoms with Crippen LogP contribution >= 0.6 is 0 Å². The quantitative estimate of drug-likeness (QED) is 0.379. The number of hydrogen-bond donors (Lipinski definition) is 1. The molecule has 212 valence electrons. The van der Waals surface area contributed by atoms with Crippen LogP contribution in [0.25, 0.3) is 0 Å². The van der Waals surface area contributed by atoms with E-state index in [-0.39, 0.29) is 29.0 Å². The molecule has 0 spiro atoms. The van der Waals surface area contributed by atoms with Crippen LogP contribution < -0.4 is 19.1 Å². The Balaban J connectivity index is 1.70. The van der Waals surface area contributed by atoms with Gasteiger partial charge in [-0.3, -0.25) is 13.9 Å². The van der Waals surface area contributed by atoms with E-state index in [0.29, 0.717) is 31.3 Å². The third-order valence-corrected chi connectivity index (χ3v) is 8.26. The number of benzene rings is 3. The summed E-state index contributed by atoms with van der Waals surface area (Å²) >= 11 is 0. The second-order valence-electron chi connectivity index (χ2n) is 9.97. The van der Waals surface area contributed by atoms with E-state index in [0.717, 1.165) is 9.87 Å². The molecule has 0 fully saturated rings. The molecule has 0 saturated carbocycles. The van der Waals surface area contributed by atoms with Crippen molar-refractivity contribution in [2.75, 3.05) is 30.6 Å². The summed E-state index contributed by atoms with van der Waals surface area (Å²) in [5.41, 5.74) is 1.06. The minimum absolute atomic E-state index is 0.0371. The Bertz CT molecular complexity index is 1410. The lowest BCUT2D eigenvalue weighted by atomic mass is 10.1. The molecular formula is C30H35N3O6S. The van der Waals surface area contributed by atoms with E-state index in [2.05, 4.69) is 5.32 Å². The highest BCUT2D eigenvalue weighted by molar-refractivity contribution is 7.92. The Morgan fingerprint density at radius 2 is 1.50 bits per heavy atom. The number of rotatable bonds is 11. The number of amides is 2. The van der Waals surface area contributed by atoms with E-state index in [1.54, 1.807) is 43.3 Å². The molecule has 4 rings (SSSR count). The SMILES string of the molecule is CC(C)CNC(=O)[C@H](C)N(Cc1ccccc1)C(=O)CN(c1ccc2c(c1)OCCO2)S(=O)(=O)c1ccccc1. The summed E-state index contributed by atoms with van der Waals surface area (Å²) < 4.78 is 40.1. The van der Waals surface area contributed by atoms with Gasteiger partial charge in [-0.05, 0) is 42.7 Å². The topological polar surface area (TPSA) is 105 Å². The summed E-state index contributed by atoms with van der Waals surface area (Å²) in [6, 6.07) is 21.1. The van der Waals surface area contributed by atoms with Gasteiger partial charge in [-0.1, -0.05) is 62.4 Å². The molecule has 3 aromatic carbocycles. The lowest BCUT2D eigenvalue weighted by Gasteiger charge is -2.32. The Kier molecular flexibility index (Phi) is 9.31. The predicted molar refractivity (Wildman–Crippen MR) is 153 cm³/mol. The fraction of sp³-hybridized carbons (Fsp3) is 0.333. The summed E-state index contributed by atoms with van der Waals surface area (Å²) in [7, 11) is -4.16. The normalized spacial score (nSPS) is 13.4. The number of hydrogen-bond acceptors (Lipinski definition) is 6. The Labute approximate surface area is 235 Å². The van der Waals surface area contributed by atoms with Crippen molar-refractivity contribution in [2.24, 2.45) is 5.92 Å². The van der Waals surface area contributed by atoms with Crippen LogP contribution in [0.1, 0.15) is 26.3 Å². The Hall–Kier alpha value is -4.05. The van der Waals surface area contributed by atoms with Gasteiger partial charge in [-0.25, -0.2) is 8.42 Å². The molecule has 0 aromatic heterocycles. The van der Waals surface area contributed by atoms with Gasteiger partial charge in [0.2, 0.25) is 11.8 Å². The number of carbonyl (C=O) groups excluding carboxylic acids is 2. The molecule has 0 bridgehead atoms. The number of nitrogens with one attached hydrogen (secondary N) is 1. The van der Waals surface area contributed by atoms with E-state index in [1.807, 2.05) is 44.2 Å². The fourth-order valence-corrected chi connectivity index (χ4v) is 5.68. The summed E-state index contributed by atoms with van der Waals surface area (Å²) in [5, 5.41) is 2.88. The van der Waals surface area contributed by atoms with E-state index in [1.165, 1.54) is 17.0 Å². The second-order valence-corrected chi connectivity index (χ2v) is 11.8. The molecule has 40 heavy (non-hydrogen) atoms. The van der Waals surface area contributed by atoms with Gasteiger partial charge >= 0.3 is 0 Å². The van der Waals surface area contributed by atoms with Gasteiger partial charge in [0.25, 0.3) is 10.0 Å². The van der Waals surface area contributed by atoms with Crippen LogP contribution in [0.15, 0.2) is 83.8 Å². The van der Waals surface area contributed by atoms with E-state index in [4.69, 9.17) is 9.47 Å². The largest absolute Gasteiger partial charge is 0.486 e. The molecule has 1 N–H and O–H groups in total. The lowest BCUT2D eigenvalue weighted by Crippen LogP contribution is -2.51. The molecule has 3 aromatic rings. The zero-order valence-corrected chi connectivity index (χ0v) is 23.8. The van der Waals surface area contributed by atoms with Gasteiger partial charge < -0.3 is 19.7 Å². The van der Waals surface area contributed by atoms with Crippen LogP contribution in [0, 0.1) is 5.92 Å². The van der Waals surface area contributed by atoms with Crippen molar-refractivity contribution in [3.05, 3.63) is 84.4 Å². The van der Waals surface area contributed by atoms with Crippen molar-refractivity contribution < 1.29 is 27.5 Å². The maximum atomic E-state index is 14.0. The van der Waals surface area contributed by atoms with Crippen molar-refractivity contribution in [3.8, 4) is 11.5 Å². The first-order chi connectivity index (χ1) is 19.2. The van der Waals surface area contributed by atoms with Gasteiger partial charge in [0.05, 0.1) is 10.6 Å². The third-order valence-electron chi connectivity index (χ3n) is 6.47. The van der Waals surface area contributed by atoms with Gasteiger partial charge in [-0.15, -0.1) is 0 Å². The van der Waals surface area contributed by atoms with Gasteiger partial charge in [0.15, 0.2) is 11.5 Å². The van der Waals surface area contributed by atoms with Gasteiger partial charge in [0, 0.05) is 19.2 Å². The van der Waals surface area contributed by atoms with E-state index < -0.39 is 28.5 Å². The fourth-order valence-electron chi connectivity index (χ4n) is 4.25. The maximum absolute atomic E-state index is 14.0. The average Bonchev–Trinajstić information content (AvgIpc) is 2.97. The molecule has 10 heteroatoms.